The van der Waals surface area contributed by atoms with Gasteiger partial charge in [0, 0.05) is 13.2 Å². The lowest BCUT2D eigenvalue weighted by atomic mass is 10.1. The number of benzene rings is 2. The van der Waals surface area contributed by atoms with Crippen molar-refractivity contribution in [1.29, 1.82) is 0 Å². The average Bonchev–Trinajstić information content (AvgIpc) is 2.80. The summed E-state index contributed by atoms with van der Waals surface area (Å²) in [6.07, 6.45) is 6.63. The minimum Gasteiger partial charge on any atom is -0.417 e. The Morgan fingerprint density at radius 2 is 1.00 bits per heavy atom. The Labute approximate surface area is 249 Å². The highest BCUT2D eigenvalue weighted by molar-refractivity contribution is 7.20. The van der Waals surface area contributed by atoms with Crippen molar-refractivity contribution in [3.63, 3.8) is 0 Å². The summed E-state index contributed by atoms with van der Waals surface area (Å²) < 4.78 is 6.19. The van der Waals surface area contributed by atoms with Crippen LogP contribution in [0, 0.1) is 13.8 Å². The molecule has 0 amide bonds. The van der Waals surface area contributed by atoms with Gasteiger partial charge in [0.2, 0.25) is 0 Å². The zero-order valence-electron chi connectivity index (χ0n) is 27.5. The maximum atomic E-state index is 8.59. The highest BCUT2D eigenvalue weighted by Crippen LogP contribution is 2.38. The summed E-state index contributed by atoms with van der Waals surface area (Å²) in [5.74, 6) is 0. The van der Waals surface area contributed by atoms with Crippen molar-refractivity contribution < 1.29 is 9.53 Å². The second kappa shape index (κ2) is 17.8. The average molecular weight is 593 g/mol. The van der Waals surface area contributed by atoms with E-state index in [1.807, 2.05) is 0 Å². The van der Waals surface area contributed by atoms with Gasteiger partial charge in [0.1, 0.15) is 0 Å². The molecule has 0 aliphatic rings. The molecule has 0 saturated carbocycles. The summed E-state index contributed by atoms with van der Waals surface area (Å²) in [7, 11) is -2.93. The number of rotatable bonds is 10. The Morgan fingerprint density at radius 3 is 1.31 bits per heavy atom. The molecule has 0 bridgehead atoms. The van der Waals surface area contributed by atoms with E-state index in [0.717, 1.165) is 25.9 Å². The van der Waals surface area contributed by atoms with E-state index < -0.39 is 15.7 Å². The second-order valence-corrected chi connectivity index (χ2v) is 26.0. The van der Waals surface area contributed by atoms with E-state index in [4.69, 9.17) is 20.6 Å². The van der Waals surface area contributed by atoms with Crippen LogP contribution in [0.1, 0.15) is 89.5 Å². The van der Waals surface area contributed by atoms with E-state index in [1.54, 1.807) is 0 Å². The molecule has 0 atom stereocenters. The van der Waals surface area contributed by atoms with Crippen LogP contribution in [0.2, 0.25) is 36.3 Å². The molecule has 2 aromatic carbocycles. The molecule has 0 aliphatic heterocycles. The van der Waals surface area contributed by atoms with Gasteiger partial charge < -0.3 is 9.53 Å². The third-order valence-corrected chi connectivity index (χ3v) is 17.8. The van der Waals surface area contributed by atoms with Crippen LogP contribution in [0.3, 0.4) is 0 Å². The molecular weight excluding hydrogens is 532 g/mol. The molecule has 224 valence electrons. The van der Waals surface area contributed by atoms with E-state index in [2.05, 4.69) is 130 Å². The molecule has 5 heteroatoms. The first-order valence-electron chi connectivity index (χ1n) is 14.8. The first kappa shape index (κ1) is 38.1. The minimum atomic E-state index is -1.54. The number of hydrogen-bond acceptors (Lipinski definition) is 2. The molecule has 0 aromatic heterocycles. The molecule has 2 nitrogen and oxygen atoms in total. The van der Waals surface area contributed by atoms with E-state index in [9.17, 15) is 0 Å². The molecule has 2 aromatic rings. The fourth-order valence-corrected chi connectivity index (χ4v) is 4.01. The fraction of sp³-hybridized carbons (Fsp3) is 0.647. The minimum absolute atomic E-state index is 0.311. The number of aryl methyl sites for hydroxylation is 4. The zero-order chi connectivity index (χ0) is 30.3. The largest absolute Gasteiger partial charge is 0.417 e. The molecule has 0 radical (unpaired) electrons. The van der Waals surface area contributed by atoms with Crippen LogP contribution in [0.25, 0.3) is 0 Å². The molecular formula is C34H61ClO2Si2. The van der Waals surface area contributed by atoms with Crippen molar-refractivity contribution in [3.8, 4) is 0 Å². The molecule has 0 fully saturated rings. The topological polar surface area (TPSA) is 29.5 Å². The van der Waals surface area contributed by atoms with Gasteiger partial charge in [-0.2, -0.15) is 11.1 Å². The van der Waals surface area contributed by atoms with Gasteiger partial charge in [0.25, 0.3) is 0 Å². The third kappa shape index (κ3) is 17.5. The van der Waals surface area contributed by atoms with Gasteiger partial charge >= 0.3 is 0 Å². The molecule has 39 heavy (non-hydrogen) atoms. The van der Waals surface area contributed by atoms with Crippen molar-refractivity contribution >= 4 is 26.8 Å². The van der Waals surface area contributed by atoms with Crippen molar-refractivity contribution in [2.45, 2.75) is 130 Å². The third-order valence-electron chi connectivity index (χ3n) is 8.03. The monoisotopic (exact) mass is 592 g/mol. The van der Waals surface area contributed by atoms with E-state index in [1.165, 1.54) is 41.5 Å². The molecule has 0 heterocycles. The number of aliphatic hydroxyl groups is 1. The van der Waals surface area contributed by atoms with Gasteiger partial charge in [-0.15, -0.1) is 0 Å². The Bertz CT molecular complexity index is 875. The quantitative estimate of drug-likeness (QED) is 0.169. The Balaban J connectivity index is 0.000000616. The maximum absolute atomic E-state index is 8.59. The van der Waals surface area contributed by atoms with Crippen LogP contribution in [0.4, 0.5) is 0 Å². The summed E-state index contributed by atoms with van der Waals surface area (Å²) in [6.45, 7) is 28.0. The summed E-state index contributed by atoms with van der Waals surface area (Å²) >= 11 is 6.15. The van der Waals surface area contributed by atoms with Crippen LogP contribution < -0.4 is 0 Å². The SMILES string of the molecule is CC(C)(C)[Si](C)(C)Cl.Cc1ccc(CCCCO)cc1.Cc1ccc(CCCCO[Si](C)(C)C(C)(C)C)cc1. The van der Waals surface area contributed by atoms with Crippen LogP contribution in [0.5, 0.6) is 0 Å². The van der Waals surface area contributed by atoms with Gasteiger partial charge in [-0.3, -0.25) is 0 Å². The first-order chi connectivity index (χ1) is 17.8. The van der Waals surface area contributed by atoms with Crippen LogP contribution >= 0.6 is 11.1 Å². The molecule has 0 aliphatic carbocycles. The molecule has 2 rings (SSSR count). The predicted molar refractivity (Wildman–Crippen MR) is 182 cm³/mol. The number of unbranched alkanes of at least 4 members (excludes halogenated alkanes) is 2. The summed E-state index contributed by atoms with van der Waals surface area (Å²) in [5, 5.41) is 9.25. The summed E-state index contributed by atoms with van der Waals surface area (Å²) in [6, 6.07) is 17.5. The second-order valence-electron chi connectivity index (χ2n) is 13.9. The lowest BCUT2D eigenvalue weighted by Gasteiger charge is -2.36. The smallest absolute Gasteiger partial charge is 0.191 e. The predicted octanol–water partition coefficient (Wildman–Crippen LogP) is 10.9. The van der Waals surface area contributed by atoms with Crippen molar-refractivity contribution in [2.75, 3.05) is 13.2 Å². The number of halogens is 1. The van der Waals surface area contributed by atoms with Crippen LogP contribution in [-0.4, -0.2) is 34.0 Å². The fourth-order valence-electron chi connectivity index (χ4n) is 2.93. The van der Waals surface area contributed by atoms with Crippen LogP contribution in [-0.2, 0) is 17.3 Å². The summed E-state index contributed by atoms with van der Waals surface area (Å²) in [4.78, 5) is 0. The first-order valence-corrected chi connectivity index (χ1v) is 21.8. The van der Waals surface area contributed by atoms with Gasteiger partial charge in [-0.1, -0.05) is 114 Å². The molecule has 0 spiro atoms. The lowest BCUT2D eigenvalue weighted by molar-refractivity contribution is 0.279. The molecule has 0 unspecified atom stereocenters. The Hall–Kier alpha value is -0.916. The van der Waals surface area contributed by atoms with E-state index >= 15 is 0 Å². The van der Waals surface area contributed by atoms with Gasteiger partial charge in [-0.05, 0) is 86.7 Å². The highest BCUT2D eigenvalue weighted by atomic mass is 35.6. The van der Waals surface area contributed by atoms with E-state index in [0.29, 0.717) is 16.7 Å². The standard InChI is InChI=1S/C17H30OSi.C11H16O.C6H15ClSi/c1-15-10-12-16(13-11-15)9-7-8-14-18-19(5,6)17(2,3)4;1-10-5-7-11(8-6-10)4-2-3-9-12;1-6(2,3)8(4,5)7/h10-13H,7-9,14H2,1-6H3;5-8,12H,2-4,9H2,1H3;1-5H3. The number of hydrogen-bond donors (Lipinski definition) is 1. The van der Waals surface area contributed by atoms with Crippen molar-refractivity contribution in [1.82, 2.24) is 0 Å². The summed E-state index contributed by atoms with van der Waals surface area (Å²) in [5.41, 5.74) is 5.46. The normalized spacial score (nSPS) is 12.3. The molecule has 0 saturated heterocycles. The Kier molecular flexibility index (Phi) is 17.4. The highest BCUT2D eigenvalue weighted by Gasteiger charge is 2.36. The maximum Gasteiger partial charge on any atom is 0.191 e. The van der Waals surface area contributed by atoms with Gasteiger partial charge in [0.15, 0.2) is 15.7 Å². The van der Waals surface area contributed by atoms with E-state index in [-0.39, 0.29) is 0 Å². The van der Waals surface area contributed by atoms with Crippen molar-refractivity contribution in [2.24, 2.45) is 0 Å². The van der Waals surface area contributed by atoms with Crippen molar-refractivity contribution in [3.05, 3.63) is 70.8 Å². The zero-order valence-corrected chi connectivity index (χ0v) is 30.3. The van der Waals surface area contributed by atoms with Crippen LogP contribution in [0.15, 0.2) is 48.5 Å². The Morgan fingerprint density at radius 1 is 0.641 bits per heavy atom. The molecule has 1 N–H and O–H groups in total. The number of aliphatic hydroxyl groups excluding tert-OH is 1. The lowest BCUT2D eigenvalue weighted by Crippen LogP contribution is -2.40. The van der Waals surface area contributed by atoms with Gasteiger partial charge in [0.05, 0.1) is 0 Å². The van der Waals surface area contributed by atoms with Gasteiger partial charge in [-0.25, -0.2) is 0 Å².